The standard InChI is InChI=1S/C31H38N6O.C12H13N3O2.C4H4O4/c1-22(2)35-16-18-36(19-17-35)24-10-12-25(13-11-24)37-20-28(29-30(32)33-21-34-31(29)37)23-8-14-27(15-9-23)38-26-6-4-3-5-7-26;16-9-7-8(13-1-2-13)12(17)11(15-5-6-15)10(9)14-3-4-14;5-3(6)1-2-4(7)8/h3-9,14-15,20-22,24-25H,10-13,16-19H2,1-2H3,(H2,32,33,34);7H,1-6H2;1-2H,(H,5,6)(H,7,8)/b;;2-1-. The molecule has 6 heterocycles. The van der Waals surface area contributed by atoms with Crippen LogP contribution in [0.25, 0.3) is 22.2 Å². The van der Waals surface area contributed by atoms with Crippen molar-refractivity contribution in [1.82, 2.24) is 39.0 Å². The molecule has 16 heteroatoms. The first-order chi connectivity index (χ1) is 30.4. The number of Topliss-reactive ketones (excluding diaryl/α,β-unsaturated/α-hetero) is 1. The minimum Gasteiger partial charge on any atom is -0.478 e. The first-order valence-electron chi connectivity index (χ1n) is 21.8. The number of ether oxygens (including phenoxy) is 1. The smallest absolute Gasteiger partial charge is 0.328 e. The number of carbonyl (C=O) groups excluding carboxylic acids is 2. The summed E-state index contributed by atoms with van der Waals surface area (Å²) in [5, 5.41) is 16.6. The predicted molar refractivity (Wildman–Crippen MR) is 238 cm³/mol. The van der Waals surface area contributed by atoms with Crippen molar-refractivity contribution in [3.05, 3.63) is 102 Å². The molecule has 1 saturated carbocycles. The molecular formula is C47H55N9O7. The van der Waals surface area contributed by atoms with Gasteiger partial charge in [0, 0.05) is 114 Å². The summed E-state index contributed by atoms with van der Waals surface area (Å²) in [5.41, 5.74) is 11.4. The second-order valence-corrected chi connectivity index (χ2v) is 16.9. The molecule has 0 bridgehead atoms. The van der Waals surface area contributed by atoms with E-state index in [9.17, 15) is 19.2 Å². The first kappa shape index (κ1) is 43.1. The number of benzene rings is 2. The van der Waals surface area contributed by atoms with E-state index in [0.717, 1.165) is 85.8 Å². The van der Waals surface area contributed by atoms with Crippen LogP contribution in [0.5, 0.6) is 11.5 Å². The molecule has 2 aromatic carbocycles. The number of allylic oxidation sites excluding steroid dienone is 1. The van der Waals surface area contributed by atoms with Gasteiger partial charge in [0.25, 0.3) is 0 Å². The van der Waals surface area contributed by atoms with E-state index < -0.39 is 11.9 Å². The van der Waals surface area contributed by atoms with E-state index in [-0.39, 0.29) is 11.6 Å². The molecule has 4 aromatic rings. The van der Waals surface area contributed by atoms with Gasteiger partial charge in [0.2, 0.25) is 11.6 Å². The van der Waals surface area contributed by atoms with E-state index >= 15 is 0 Å². The molecule has 6 aliphatic rings. The van der Waals surface area contributed by atoms with Gasteiger partial charge in [0.1, 0.15) is 40.7 Å². The maximum atomic E-state index is 12.4. The summed E-state index contributed by atoms with van der Waals surface area (Å²) in [7, 11) is 0. The Morgan fingerprint density at radius 3 is 1.87 bits per heavy atom. The van der Waals surface area contributed by atoms with E-state index in [1.807, 2.05) is 57.2 Å². The minimum absolute atomic E-state index is 0.00546. The summed E-state index contributed by atoms with van der Waals surface area (Å²) >= 11 is 0. The van der Waals surface area contributed by atoms with Gasteiger partial charge < -0.3 is 40.0 Å². The fraction of sp³-hybridized carbons (Fsp3) is 0.404. The lowest BCUT2D eigenvalue weighted by Crippen LogP contribution is -2.52. The van der Waals surface area contributed by atoms with E-state index in [4.69, 9.17) is 25.7 Å². The van der Waals surface area contributed by atoms with Crippen molar-refractivity contribution in [1.29, 1.82) is 0 Å². The fourth-order valence-corrected chi connectivity index (χ4v) is 8.67. The third-order valence-electron chi connectivity index (χ3n) is 12.3. The van der Waals surface area contributed by atoms with Gasteiger partial charge in [0.05, 0.1) is 11.1 Å². The van der Waals surface area contributed by atoms with E-state index in [1.165, 1.54) is 45.1 Å². The van der Waals surface area contributed by atoms with Crippen LogP contribution in [0.2, 0.25) is 0 Å². The molecule has 5 fully saturated rings. The molecule has 10 rings (SSSR count). The third-order valence-corrected chi connectivity index (χ3v) is 12.3. The molecule has 4 saturated heterocycles. The van der Waals surface area contributed by atoms with Crippen molar-refractivity contribution in [2.24, 2.45) is 0 Å². The maximum Gasteiger partial charge on any atom is 0.328 e. The van der Waals surface area contributed by atoms with Crippen molar-refractivity contribution in [2.75, 3.05) is 71.2 Å². The lowest BCUT2D eigenvalue weighted by atomic mass is 9.89. The van der Waals surface area contributed by atoms with Crippen LogP contribution in [-0.4, -0.2) is 150 Å². The second-order valence-electron chi connectivity index (χ2n) is 16.9. The highest BCUT2D eigenvalue weighted by Crippen LogP contribution is 2.40. The van der Waals surface area contributed by atoms with Gasteiger partial charge in [-0.25, -0.2) is 19.6 Å². The van der Waals surface area contributed by atoms with Gasteiger partial charge in [-0.3, -0.25) is 19.4 Å². The third kappa shape index (κ3) is 10.4. The zero-order valence-electron chi connectivity index (χ0n) is 35.8. The van der Waals surface area contributed by atoms with Gasteiger partial charge in [-0.1, -0.05) is 30.3 Å². The highest BCUT2D eigenvalue weighted by atomic mass is 16.5. The number of nitrogens with two attached hydrogens (primary N) is 1. The number of piperazine rings is 1. The molecule has 0 spiro atoms. The number of rotatable bonds is 11. The van der Waals surface area contributed by atoms with Gasteiger partial charge in [-0.05, 0) is 69.4 Å². The number of anilines is 1. The fourth-order valence-electron chi connectivity index (χ4n) is 8.67. The highest BCUT2D eigenvalue weighted by Gasteiger charge is 2.43. The van der Waals surface area contributed by atoms with Crippen molar-refractivity contribution in [3.8, 4) is 22.6 Å². The van der Waals surface area contributed by atoms with Crippen LogP contribution < -0.4 is 10.5 Å². The number of carboxylic acids is 2. The van der Waals surface area contributed by atoms with E-state index in [1.54, 1.807) is 6.33 Å². The largest absolute Gasteiger partial charge is 0.478 e. The monoisotopic (exact) mass is 857 g/mol. The summed E-state index contributed by atoms with van der Waals surface area (Å²) in [6.07, 6.45) is 11.3. The first-order valence-corrected chi connectivity index (χ1v) is 21.8. The number of carbonyl (C=O) groups is 4. The number of nitrogen functional groups attached to an aromatic ring is 1. The molecule has 16 nitrogen and oxygen atoms in total. The number of hydrogen-bond acceptors (Lipinski definition) is 13. The summed E-state index contributed by atoms with van der Waals surface area (Å²) in [6, 6.07) is 19.8. The number of hydrogen-bond donors (Lipinski definition) is 3. The molecule has 0 atom stereocenters. The molecule has 63 heavy (non-hydrogen) atoms. The Morgan fingerprint density at radius 2 is 1.30 bits per heavy atom. The van der Waals surface area contributed by atoms with Crippen molar-refractivity contribution < 1.29 is 34.1 Å². The lowest BCUT2D eigenvalue weighted by Gasteiger charge is -2.43. The number of para-hydroxylation sites is 1. The maximum absolute atomic E-state index is 12.4. The van der Waals surface area contributed by atoms with E-state index in [2.05, 4.69) is 51.5 Å². The molecular weight excluding hydrogens is 803 g/mol. The van der Waals surface area contributed by atoms with E-state index in [0.29, 0.717) is 53.2 Å². The van der Waals surface area contributed by atoms with Crippen LogP contribution in [0.4, 0.5) is 5.82 Å². The van der Waals surface area contributed by atoms with Crippen molar-refractivity contribution in [2.45, 2.75) is 57.7 Å². The Balaban J connectivity index is 0.000000177. The molecule has 0 radical (unpaired) electrons. The van der Waals surface area contributed by atoms with Crippen LogP contribution >= 0.6 is 0 Å². The van der Waals surface area contributed by atoms with Gasteiger partial charge >= 0.3 is 11.9 Å². The Bertz CT molecular complexity index is 2400. The Kier molecular flexibility index (Phi) is 12.9. The molecule has 2 aliphatic carbocycles. The molecule has 2 aromatic heterocycles. The second kappa shape index (κ2) is 18.8. The van der Waals surface area contributed by atoms with Crippen LogP contribution in [0, 0.1) is 0 Å². The molecule has 0 unspecified atom stereocenters. The molecule has 4 aliphatic heterocycles. The number of carboxylic acid groups (broad SMARTS) is 2. The average Bonchev–Trinajstić information content (AvgIpc) is 4.14. The normalized spacial score (nSPS) is 21.2. The van der Waals surface area contributed by atoms with Crippen molar-refractivity contribution >= 4 is 40.4 Å². The zero-order valence-corrected chi connectivity index (χ0v) is 35.8. The quantitative estimate of drug-likeness (QED) is 0.105. The van der Waals surface area contributed by atoms with Crippen LogP contribution in [0.1, 0.15) is 45.6 Å². The predicted octanol–water partition coefficient (Wildman–Crippen LogP) is 4.87. The molecule has 0 amide bonds. The number of aromatic nitrogens is 3. The van der Waals surface area contributed by atoms with Crippen LogP contribution in [0.15, 0.2) is 102 Å². The Labute approximate surface area is 366 Å². The number of nitrogens with zero attached hydrogens (tertiary/aromatic N) is 8. The van der Waals surface area contributed by atoms with Crippen LogP contribution in [-0.2, 0) is 19.2 Å². The number of fused-ring (bicyclic) bond motifs is 1. The number of aliphatic carboxylic acids is 2. The zero-order chi connectivity index (χ0) is 44.2. The van der Waals surface area contributed by atoms with Crippen molar-refractivity contribution in [3.63, 3.8) is 0 Å². The molecule has 4 N–H and O–H groups in total. The SMILES string of the molecule is CC(C)N1CCN(C2CCC(n3cc(-c4ccc(Oc5ccccc5)cc4)c4c(N)ncnc43)CC2)CC1.O=C(O)/C=C\C(=O)O.O=C1C=C(N2CC2)C(=O)C(N2CC2)=C1N1CC1. The Hall–Kier alpha value is -6.52. The van der Waals surface area contributed by atoms with Crippen LogP contribution in [0.3, 0.4) is 0 Å². The number of ketones is 2. The summed E-state index contributed by atoms with van der Waals surface area (Å²) in [4.78, 5) is 63.9. The average molecular weight is 858 g/mol. The highest BCUT2D eigenvalue weighted by molar-refractivity contribution is 6.22. The minimum atomic E-state index is -1.26. The topological polar surface area (TPSA) is 190 Å². The summed E-state index contributed by atoms with van der Waals surface area (Å²) in [5.74, 6) is -0.301. The Morgan fingerprint density at radius 1 is 0.730 bits per heavy atom. The van der Waals surface area contributed by atoms with Gasteiger partial charge in [-0.15, -0.1) is 0 Å². The van der Waals surface area contributed by atoms with Gasteiger partial charge in [0.15, 0.2) is 0 Å². The summed E-state index contributed by atoms with van der Waals surface area (Å²) in [6.45, 7) is 14.8. The summed E-state index contributed by atoms with van der Waals surface area (Å²) < 4.78 is 8.36. The van der Waals surface area contributed by atoms with Gasteiger partial charge in [-0.2, -0.15) is 0 Å². The molecule has 330 valence electrons. The lowest BCUT2D eigenvalue weighted by molar-refractivity contribution is -0.134.